The van der Waals surface area contributed by atoms with Gasteiger partial charge < -0.3 is 0 Å². The molecule has 0 fully saturated rings. The molecule has 1 heteroatoms. The molecule has 0 atom stereocenters. The largest absolute Gasteiger partial charge is 0.167 e. The van der Waals surface area contributed by atoms with Crippen LogP contribution in [-0.2, 0) is 0 Å². The van der Waals surface area contributed by atoms with Crippen LogP contribution in [0, 0.1) is 6.92 Å². The second kappa shape index (κ2) is 8.95. The molecule has 0 bridgehead atoms. The van der Waals surface area contributed by atoms with Gasteiger partial charge in [-0.1, -0.05) is 85.5 Å². The van der Waals surface area contributed by atoms with Gasteiger partial charge in [-0.15, -0.1) is 0 Å². The van der Waals surface area contributed by atoms with Gasteiger partial charge in [-0.25, -0.2) is 0 Å². The monoisotopic (exact) mass is 384 g/mol. The minimum Gasteiger partial charge on any atom is -0.167 e. The Hall–Kier alpha value is -2.77. The molecule has 0 unspecified atom stereocenters. The Morgan fingerprint density at radius 2 is 1.29 bits per heavy atom. The molecule has 0 aliphatic heterocycles. The zero-order chi connectivity index (χ0) is 20.0. The highest BCUT2D eigenvalue weighted by atomic mass is 32.3. The number of aryl methyl sites for hydroxylation is 1. The molecule has 0 N–H and O–H groups in total. The summed E-state index contributed by atoms with van der Waals surface area (Å²) >= 11 is 0. The van der Waals surface area contributed by atoms with Crippen molar-refractivity contribution in [2.45, 2.75) is 23.6 Å². The van der Waals surface area contributed by atoms with Crippen molar-refractivity contribution in [3.05, 3.63) is 126 Å². The van der Waals surface area contributed by atoms with Gasteiger partial charge in [-0.3, -0.25) is 0 Å². The molecule has 0 nitrogen and oxygen atoms in total. The normalized spacial score (nSPS) is 12.9. The molecule has 0 aromatic heterocycles. The maximum Gasteiger partial charge on any atom is -0.00240 e. The SMILES string of the molecule is C=C(/C=C\C=C(/C)S(C)(c1ccccc1)c1ccccc1)c1ccccc1C. The van der Waals surface area contributed by atoms with Crippen molar-refractivity contribution in [1.82, 2.24) is 0 Å². The van der Waals surface area contributed by atoms with Crippen LogP contribution >= 0.6 is 10.0 Å². The zero-order valence-electron chi connectivity index (χ0n) is 16.9. The standard InChI is InChI=1S/C27H28S/c1-22-14-11-12-21-27(22)23(2)15-13-16-24(3)28(4,25-17-7-5-8-18-25)26-19-9-6-10-20-26/h5-21H,2H2,1,3-4H3/b15-13-,24-16+. The van der Waals surface area contributed by atoms with Crippen LogP contribution in [0.1, 0.15) is 18.1 Å². The van der Waals surface area contributed by atoms with Gasteiger partial charge in [0.25, 0.3) is 0 Å². The van der Waals surface area contributed by atoms with Gasteiger partial charge in [0, 0.05) is 0 Å². The first-order valence-corrected chi connectivity index (χ1v) is 11.6. The number of rotatable bonds is 6. The summed E-state index contributed by atoms with van der Waals surface area (Å²) in [6, 6.07) is 30.1. The van der Waals surface area contributed by atoms with E-state index < -0.39 is 10.0 Å². The van der Waals surface area contributed by atoms with Gasteiger partial charge >= 0.3 is 0 Å². The predicted molar refractivity (Wildman–Crippen MR) is 126 cm³/mol. The Bertz CT molecular complexity index is 955. The van der Waals surface area contributed by atoms with E-state index in [2.05, 4.69) is 130 Å². The Labute approximate surface area is 171 Å². The fourth-order valence-electron chi connectivity index (χ4n) is 3.35. The molecule has 0 heterocycles. The lowest BCUT2D eigenvalue weighted by Gasteiger charge is -2.38. The highest BCUT2D eigenvalue weighted by molar-refractivity contribution is 8.36. The lowest BCUT2D eigenvalue weighted by atomic mass is 10.0. The van der Waals surface area contributed by atoms with Crippen LogP contribution in [0.3, 0.4) is 0 Å². The van der Waals surface area contributed by atoms with E-state index >= 15 is 0 Å². The van der Waals surface area contributed by atoms with Crippen molar-refractivity contribution >= 4 is 15.6 Å². The lowest BCUT2D eigenvalue weighted by molar-refractivity contribution is 1.35. The molecule has 3 aromatic carbocycles. The van der Waals surface area contributed by atoms with E-state index in [0.717, 1.165) is 5.57 Å². The summed E-state index contributed by atoms with van der Waals surface area (Å²) in [6.07, 6.45) is 8.88. The van der Waals surface area contributed by atoms with Crippen LogP contribution in [0.15, 0.2) is 124 Å². The first kappa shape index (κ1) is 20.0. The second-order valence-electron chi connectivity index (χ2n) is 7.02. The van der Waals surface area contributed by atoms with Crippen LogP contribution in [0.5, 0.6) is 0 Å². The second-order valence-corrected chi connectivity index (χ2v) is 10.4. The van der Waals surface area contributed by atoms with Gasteiger partial charge in [0.15, 0.2) is 0 Å². The average molecular weight is 385 g/mol. The van der Waals surface area contributed by atoms with Crippen LogP contribution in [-0.4, -0.2) is 6.26 Å². The molecule has 3 aromatic rings. The van der Waals surface area contributed by atoms with Crippen molar-refractivity contribution < 1.29 is 0 Å². The van der Waals surface area contributed by atoms with Crippen LogP contribution in [0.4, 0.5) is 0 Å². The maximum atomic E-state index is 4.25. The fourth-order valence-corrected chi connectivity index (χ4v) is 6.12. The van der Waals surface area contributed by atoms with E-state index in [-0.39, 0.29) is 0 Å². The van der Waals surface area contributed by atoms with Gasteiger partial charge in [0.1, 0.15) is 0 Å². The van der Waals surface area contributed by atoms with E-state index in [1.807, 2.05) is 0 Å². The summed E-state index contributed by atoms with van der Waals surface area (Å²) in [5, 5.41) is 0. The van der Waals surface area contributed by atoms with Gasteiger partial charge in [-0.05, 0) is 75.8 Å². The van der Waals surface area contributed by atoms with Crippen LogP contribution in [0.25, 0.3) is 5.57 Å². The molecule has 28 heavy (non-hydrogen) atoms. The van der Waals surface area contributed by atoms with Crippen molar-refractivity contribution in [3.63, 3.8) is 0 Å². The Kier molecular flexibility index (Phi) is 6.38. The van der Waals surface area contributed by atoms with Crippen molar-refractivity contribution in [2.75, 3.05) is 6.26 Å². The Balaban J connectivity index is 1.95. The van der Waals surface area contributed by atoms with Gasteiger partial charge in [0.05, 0.1) is 0 Å². The molecule has 0 aliphatic carbocycles. The Morgan fingerprint density at radius 3 is 1.82 bits per heavy atom. The maximum absolute atomic E-state index is 4.25. The molecule has 0 saturated carbocycles. The van der Waals surface area contributed by atoms with Crippen molar-refractivity contribution in [2.24, 2.45) is 0 Å². The smallest absolute Gasteiger partial charge is 0.00240 e. The van der Waals surface area contributed by atoms with E-state index in [1.165, 1.54) is 25.8 Å². The van der Waals surface area contributed by atoms with Crippen molar-refractivity contribution in [3.8, 4) is 0 Å². The fraction of sp³-hybridized carbons (Fsp3) is 0.111. The number of hydrogen-bond acceptors (Lipinski definition) is 0. The molecule has 0 aliphatic rings. The summed E-state index contributed by atoms with van der Waals surface area (Å²) in [6.45, 7) is 8.62. The Morgan fingerprint density at radius 1 is 0.786 bits per heavy atom. The predicted octanol–water partition coefficient (Wildman–Crippen LogP) is 8.02. The molecular weight excluding hydrogens is 356 g/mol. The first-order chi connectivity index (χ1) is 13.5. The number of allylic oxidation sites excluding steroid dienone is 5. The van der Waals surface area contributed by atoms with E-state index in [0.29, 0.717) is 0 Å². The van der Waals surface area contributed by atoms with Crippen LogP contribution in [0.2, 0.25) is 0 Å². The highest BCUT2D eigenvalue weighted by Gasteiger charge is 2.24. The topological polar surface area (TPSA) is 0 Å². The summed E-state index contributed by atoms with van der Waals surface area (Å²) in [5.74, 6) is 0. The third-order valence-electron chi connectivity index (χ3n) is 5.19. The summed E-state index contributed by atoms with van der Waals surface area (Å²) in [5.41, 5.74) is 3.49. The van der Waals surface area contributed by atoms with Crippen LogP contribution < -0.4 is 0 Å². The van der Waals surface area contributed by atoms with E-state index in [9.17, 15) is 0 Å². The quantitative estimate of drug-likeness (QED) is 0.377. The van der Waals surface area contributed by atoms with Gasteiger partial charge in [-0.2, -0.15) is 10.0 Å². The molecule has 0 spiro atoms. The van der Waals surface area contributed by atoms with Crippen molar-refractivity contribution in [1.29, 1.82) is 0 Å². The molecular formula is C27H28S. The molecule has 142 valence electrons. The molecule has 0 saturated heterocycles. The van der Waals surface area contributed by atoms with E-state index in [4.69, 9.17) is 0 Å². The zero-order valence-corrected chi connectivity index (χ0v) is 17.7. The lowest BCUT2D eigenvalue weighted by Crippen LogP contribution is -2.01. The number of hydrogen-bond donors (Lipinski definition) is 0. The number of benzene rings is 3. The minimum absolute atomic E-state index is 1.04. The third kappa shape index (κ3) is 4.21. The molecule has 0 radical (unpaired) electrons. The highest BCUT2D eigenvalue weighted by Crippen LogP contribution is 2.65. The van der Waals surface area contributed by atoms with E-state index in [1.54, 1.807) is 0 Å². The summed E-state index contributed by atoms with van der Waals surface area (Å²) in [7, 11) is -1.27. The summed E-state index contributed by atoms with van der Waals surface area (Å²) in [4.78, 5) is 4.13. The molecule has 0 amide bonds. The first-order valence-electron chi connectivity index (χ1n) is 9.52. The van der Waals surface area contributed by atoms with Gasteiger partial charge in [0.2, 0.25) is 0 Å². The average Bonchev–Trinajstić information content (AvgIpc) is 2.74. The third-order valence-corrected chi connectivity index (χ3v) is 9.05. The summed E-state index contributed by atoms with van der Waals surface area (Å²) < 4.78 is 0. The molecule has 3 rings (SSSR count). The minimum atomic E-state index is -1.27.